The minimum atomic E-state index is -4.45. The van der Waals surface area contributed by atoms with Crippen LogP contribution >= 0.6 is 0 Å². The predicted octanol–water partition coefficient (Wildman–Crippen LogP) is 3.52. The van der Waals surface area contributed by atoms with E-state index in [4.69, 9.17) is 0 Å². The summed E-state index contributed by atoms with van der Waals surface area (Å²) in [4.78, 5) is 0. The molecule has 2 nitrogen and oxygen atoms in total. The molecule has 0 heterocycles. The third kappa shape index (κ3) is 4.22. The smallest absolute Gasteiger partial charge is 0.416 e. The molecule has 0 aliphatic carbocycles. The van der Waals surface area contributed by atoms with Crippen LogP contribution < -0.4 is 21.9 Å². The van der Waals surface area contributed by atoms with E-state index in [2.05, 4.69) is 0 Å². The summed E-state index contributed by atoms with van der Waals surface area (Å²) < 4.78 is 39.2. The lowest BCUT2D eigenvalue weighted by Crippen LogP contribution is -2.47. The lowest BCUT2D eigenvalue weighted by Gasteiger charge is -2.21. The van der Waals surface area contributed by atoms with E-state index in [1.165, 1.54) is 12.1 Å². The minimum absolute atomic E-state index is 0.361. The van der Waals surface area contributed by atoms with Crippen LogP contribution in [0, 0.1) is 6.92 Å². The fourth-order valence-corrected chi connectivity index (χ4v) is 4.72. The molecule has 0 aliphatic heterocycles. The van der Waals surface area contributed by atoms with Gasteiger partial charge in [-0.15, -0.1) is 0 Å². The lowest BCUT2D eigenvalue weighted by molar-refractivity contribution is -0.137. The summed E-state index contributed by atoms with van der Waals surface area (Å²) in [6.07, 6.45) is -4.45. The van der Waals surface area contributed by atoms with Crippen molar-refractivity contribution in [2.45, 2.75) is 13.1 Å². The molecule has 5 aromatic rings. The van der Waals surface area contributed by atoms with Crippen molar-refractivity contribution in [2.24, 2.45) is 0 Å². The quantitative estimate of drug-likeness (QED) is 0.313. The normalized spacial score (nSPS) is 11.7. The van der Waals surface area contributed by atoms with Crippen LogP contribution in [0.1, 0.15) is 11.1 Å². The van der Waals surface area contributed by atoms with E-state index in [-0.39, 0.29) is 0 Å². The van der Waals surface area contributed by atoms with Crippen LogP contribution in [-0.2, 0) is 6.18 Å². The van der Waals surface area contributed by atoms with Gasteiger partial charge in [0.15, 0.2) is 0 Å². The molecule has 7 heteroatoms. The molecule has 2 N–H and O–H groups in total. The maximum atomic E-state index is 13.1. The van der Waals surface area contributed by atoms with Gasteiger partial charge in [0, 0.05) is 0 Å². The zero-order chi connectivity index (χ0) is 24.7. The summed E-state index contributed by atoms with van der Waals surface area (Å²) >= 11 is 0. The number of alkyl halides is 3. The third-order valence-corrected chi connectivity index (χ3v) is 6.51. The van der Waals surface area contributed by atoms with Crippen LogP contribution in [0.4, 0.5) is 13.2 Å². The van der Waals surface area contributed by atoms with Gasteiger partial charge in [-0.05, 0) is 50.3 Å². The molecular formula is C28H21B2F3O2. The van der Waals surface area contributed by atoms with Gasteiger partial charge in [-0.25, -0.2) is 0 Å². The summed E-state index contributed by atoms with van der Waals surface area (Å²) in [5, 5.41) is 25.9. The fourth-order valence-electron chi connectivity index (χ4n) is 4.72. The van der Waals surface area contributed by atoms with Crippen LogP contribution in [0.3, 0.4) is 0 Å². The number of halogens is 3. The first-order chi connectivity index (χ1) is 16.8. The van der Waals surface area contributed by atoms with E-state index in [1.54, 1.807) is 0 Å². The van der Waals surface area contributed by atoms with Crippen molar-refractivity contribution >= 4 is 57.2 Å². The molecule has 5 aromatic carbocycles. The summed E-state index contributed by atoms with van der Waals surface area (Å²) in [7, 11) is 0. The Labute approximate surface area is 201 Å². The minimum Gasteiger partial charge on any atom is -0.443 e. The summed E-state index contributed by atoms with van der Waals surface area (Å²) in [6, 6.07) is 27.3. The maximum absolute atomic E-state index is 13.1. The summed E-state index contributed by atoms with van der Waals surface area (Å²) in [6.45, 7) is -0.0708. The molecule has 0 fully saturated rings. The molecule has 0 amide bonds. The third-order valence-electron chi connectivity index (χ3n) is 6.51. The lowest BCUT2D eigenvalue weighted by atomic mass is 9.49. The second kappa shape index (κ2) is 8.91. The standard InChI is InChI=1S/C28H21B2F3O2/c1-18-10-14-20(15-11-18)29(34)26-22-6-2-4-8-24(22)27(25-9-5-3-7-23(25)26)30(35)21-16-12-19(13-17-21)28(31,32)33/h2-17,34-35H,1H3. The zero-order valence-corrected chi connectivity index (χ0v) is 18.9. The number of hydrogen-bond donors (Lipinski definition) is 2. The van der Waals surface area contributed by atoms with Gasteiger partial charge >= 0.3 is 20.0 Å². The van der Waals surface area contributed by atoms with Crippen molar-refractivity contribution in [1.29, 1.82) is 0 Å². The first-order valence-corrected chi connectivity index (χ1v) is 11.3. The van der Waals surface area contributed by atoms with Crippen LogP contribution in [0.2, 0.25) is 0 Å². The van der Waals surface area contributed by atoms with E-state index in [1.807, 2.05) is 79.7 Å². The highest BCUT2D eigenvalue weighted by Crippen LogP contribution is 2.28. The first-order valence-electron chi connectivity index (χ1n) is 11.3. The molecule has 35 heavy (non-hydrogen) atoms. The molecule has 0 spiro atoms. The Balaban J connectivity index is 1.74. The molecule has 172 valence electrons. The van der Waals surface area contributed by atoms with Gasteiger partial charge in [0.05, 0.1) is 5.56 Å². The van der Waals surface area contributed by atoms with Crippen molar-refractivity contribution < 1.29 is 23.2 Å². The average Bonchev–Trinajstić information content (AvgIpc) is 2.86. The Kier molecular flexibility index (Phi) is 5.91. The van der Waals surface area contributed by atoms with E-state index >= 15 is 0 Å². The highest BCUT2D eigenvalue weighted by Gasteiger charge is 2.32. The number of aryl methyl sites for hydroxylation is 1. The van der Waals surface area contributed by atoms with Crippen LogP contribution in [0.5, 0.6) is 0 Å². The van der Waals surface area contributed by atoms with E-state index < -0.39 is 25.6 Å². The highest BCUT2D eigenvalue weighted by molar-refractivity contribution is 6.86. The molecular weight excluding hydrogens is 447 g/mol. The largest absolute Gasteiger partial charge is 0.443 e. The van der Waals surface area contributed by atoms with Gasteiger partial charge < -0.3 is 10.0 Å². The Morgan fingerprint density at radius 1 is 0.543 bits per heavy atom. The Morgan fingerprint density at radius 2 is 0.886 bits per heavy atom. The highest BCUT2D eigenvalue weighted by atomic mass is 19.4. The Morgan fingerprint density at radius 3 is 1.23 bits per heavy atom. The van der Waals surface area contributed by atoms with Crippen LogP contribution in [0.15, 0.2) is 97.1 Å². The molecule has 0 saturated heterocycles. The van der Waals surface area contributed by atoms with E-state index in [0.717, 1.165) is 50.2 Å². The van der Waals surface area contributed by atoms with E-state index in [0.29, 0.717) is 10.9 Å². The Hall–Kier alpha value is -3.54. The van der Waals surface area contributed by atoms with Crippen molar-refractivity contribution in [3.8, 4) is 0 Å². The molecule has 5 rings (SSSR count). The van der Waals surface area contributed by atoms with Gasteiger partial charge in [0.2, 0.25) is 0 Å². The van der Waals surface area contributed by atoms with E-state index in [9.17, 15) is 23.2 Å². The average molecular weight is 468 g/mol. The fraction of sp³-hybridized carbons (Fsp3) is 0.0714. The van der Waals surface area contributed by atoms with Crippen LogP contribution in [-0.4, -0.2) is 23.9 Å². The molecule has 0 bridgehead atoms. The van der Waals surface area contributed by atoms with Crippen molar-refractivity contribution in [3.63, 3.8) is 0 Å². The monoisotopic (exact) mass is 468 g/mol. The molecule has 0 radical (unpaired) electrons. The SMILES string of the molecule is Cc1ccc(B(O)c2c3ccccc3c(B(O)c3ccc(C(F)(F)F)cc3)c3ccccc23)cc1. The summed E-state index contributed by atoms with van der Waals surface area (Å²) in [5.41, 5.74) is 2.76. The van der Waals surface area contributed by atoms with Gasteiger partial charge in [-0.1, -0.05) is 103 Å². The topological polar surface area (TPSA) is 40.5 Å². The molecule has 0 aliphatic rings. The van der Waals surface area contributed by atoms with Gasteiger partial charge in [-0.2, -0.15) is 13.2 Å². The molecule has 0 saturated carbocycles. The zero-order valence-electron chi connectivity index (χ0n) is 18.9. The molecule has 0 atom stereocenters. The second-order valence-electron chi connectivity index (χ2n) is 8.75. The predicted molar refractivity (Wildman–Crippen MR) is 139 cm³/mol. The van der Waals surface area contributed by atoms with Crippen molar-refractivity contribution in [3.05, 3.63) is 108 Å². The van der Waals surface area contributed by atoms with Crippen molar-refractivity contribution in [1.82, 2.24) is 0 Å². The van der Waals surface area contributed by atoms with Crippen LogP contribution in [0.25, 0.3) is 21.5 Å². The first kappa shape index (κ1) is 23.2. The number of hydrogen-bond acceptors (Lipinski definition) is 2. The maximum Gasteiger partial charge on any atom is 0.416 e. The second-order valence-corrected chi connectivity index (χ2v) is 8.75. The molecule has 0 unspecified atom stereocenters. The summed E-state index contributed by atoms with van der Waals surface area (Å²) in [5.74, 6) is 0. The van der Waals surface area contributed by atoms with Crippen molar-refractivity contribution in [2.75, 3.05) is 0 Å². The van der Waals surface area contributed by atoms with Gasteiger partial charge in [0.1, 0.15) is 0 Å². The van der Waals surface area contributed by atoms with Gasteiger partial charge in [0.25, 0.3) is 0 Å². The molecule has 0 aromatic heterocycles. The number of benzene rings is 5. The number of rotatable bonds is 4. The Bertz CT molecular complexity index is 1460. The number of fused-ring (bicyclic) bond motifs is 2. The van der Waals surface area contributed by atoms with Gasteiger partial charge in [-0.3, -0.25) is 0 Å².